The van der Waals surface area contributed by atoms with Gasteiger partial charge in [-0.15, -0.1) is 0 Å². The molecule has 0 aromatic rings. The van der Waals surface area contributed by atoms with Crippen molar-refractivity contribution in [2.24, 2.45) is 0 Å². The van der Waals surface area contributed by atoms with Crippen molar-refractivity contribution < 1.29 is 33.1 Å². The van der Waals surface area contributed by atoms with E-state index < -0.39 is 19.9 Å². The van der Waals surface area contributed by atoms with E-state index in [9.17, 15) is 14.4 Å². The zero-order valence-corrected chi connectivity index (χ0v) is 6.80. The molecule has 0 saturated carbocycles. The minimum atomic E-state index is -1.52. The van der Waals surface area contributed by atoms with Crippen LogP contribution in [0.3, 0.4) is 0 Å². The van der Waals surface area contributed by atoms with E-state index >= 15 is 0 Å². The van der Waals surface area contributed by atoms with Crippen molar-refractivity contribution in [1.82, 2.24) is 0 Å². The molecule has 0 bridgehead atoms. The highest BCUT2D eigenvalue weighted by atomic mass is 16.8. The molecule has 0 amide bonds. The van der Waals surface area contributed by atoms with Crippen LogP contribution in [0, 0.1) is 0 Å². The molecule has 0 atom stereocenters. The third-order valence-corrected chi connectivity index (χ3v) is 0.898. The fourth-order valence-electron chi connectivity index (χ4n) is 0.396. The summed E-state index contributed by atoms with van der Waals surface area (Å²) in [6, 6.07) is 0. The van der Waals surface area contributed by atoms with Gasteiger partial charge in [-0.05, 0) is 0 Å². The van der Waals surface area contributed by atoms with Gasteiger partial charge in [0.1, 0.15) is 6.61 Å². The van der Waals surface area contributed by atoms with E-state index in [1.807, 2.05) is 0 Å². The van der Waals surface area contributed by atoms with Crippen molar-refractivity contribution in [2.45, 2.75) is 0 Å². The van der Waals surface area contributed by atoms with Gasteiger partial charge in [0, 0.05) is 0 Å². The van der Waals surface area contributed by atoms with Crippen LogP contribution in [0.2, 0.25) is 0 Å². The molecule has 0 aliphatic rings. The van der Waals surface area contributed by atoms with Crippen molar-refractivity contribution in [2.75, 3.05) is 13.7 Å². The third kappa shape index (κ3) is 5.68. The second-order valence-corrected chi connectivity index (χ2v) is 1.64. The van der Waals surface area contributed by atoms with Crippen LogP contribution in [-0.2, 0) is 33.1 Å². The van der Waals surface area contributed by atoms with Crippen molar-refractivity contribution in [3.8, 4) is 0 Å². The second-order valence-electron chi connectivity index (χ2n) is 1.64. The quantitative estimate of drug-likeness (QED) is 0.274. The fraction of sp³-hybridized carbons (Fsp3) is 0.400. The number of esters is 1. The van der Waals surface area contributed by atoms with Gasteiger partial charge in [0.25, 0.3) is 12.9 Å². The van der Waals surface area contributed by atoms with Crippen LogP contribution in [0.1, 0.15) is 0 Å². The molecule has 0 aromatic heterocycles. The van der Waals surface area contributed by atoms with E-state index in [4.69, 9.17) is 0 Å². The van der Waals surface area contributed by atoms with E-state index in [0.29, 0.717) is 0 Å². The van der Waals surface area contributed by atoms with E-state index in [-0.39, 0.29) is 12.9 Å². The molecule has 0 fully saturated rings. The van der Waals surface area contributed by atoms with Gasteiger partial charge in [-0.2, -0.15) is 0 Å². The van der Waals surface area contributed by atoms with Gasteiger partial charge in [0.05, 0.1) is 7.11 Å². The maximum atomic E-state index is 10.5. The molecule has 0 spiro atoms. The van der Waals surface area contributed by atoms with Gasteiger partial charge in [-0.25, -0.2) is 4.79 Å². The standard InChI is InChI=1S/C5H7BO7/c1-10-5(9)2-11-6(12-3-7)13-4-8/h3-4H,2H2,1H3. The number of hydrogen-bond donors (Lipinski definition) is 0. The molecular formula is C5H7BO7. The van der Waals surface area contributed by atoms with Gasteiger partial charge >= 0.3 is 13.3 Å². The highest BCUT2D eigenvalue weighted by molar-refractivity contribution is 6.40. The minimum Gasteiger partial charge on any atom is -0.476 e. The number of ether oxygens (including phenoxy) is 1. The second kappa shape index (κ2) is 7.10. The smallest absolute Gasteiger partial charge is 0.476 e. The number of hydrogen-bond acceptors (Lipinski definition) is 7. The summed E-state index contributed by atoms with van der Waals surface area (Å²) in [6.45, 7) is -0.445. The van der Waals surface area contributed by atoms with Gasteiger partial charge in [0.15, 0.2) is 0 Å². The number of carbonyl (C=O) groups excluding carboxylic acids is 3. The number of methoxy groups -OCH3 is 1. The van der Waals surface area contributed by atoms with Gasteiger partial charge in [-0.3, -0.25) is 9.59 Å². The van der Waals surface area contributed by atoms with Crippen LogP contribution in [0.15, 0.2) is 0 Å². The van der Waals surface area contributed by atoms with E-state index in [0.717, 1.165) is 7.11 Å². The van der Waals surface area contributed by atoms with Crippen molar-refractivity contribution in [1.29, 1.82) is 0 Å². The summed E-state index contributed by atoms with van der Waals surface area (Å²) < 4.78 is 16.9. The topological polar surface area (TPSA) is 88.1 Å². The first kappa shape index (κ1) is 11.4. The molecule has 0 heterocycles. The van der Waals surface area contributed by atoms with Gasteiger partial charge in [-0.1, -0.05) is 0 Å². The maximum absolute atomic E-state index is 10.5. The Morgan fingerprint density at radius 2 is 1.85 bits per heavy atom. The first-order valence-electron chi connectivity index (χ1n) is 3.11. The molecule has 0 radical (unpaired) electrons. The summed E-state index contributed by atoms with van der Waals surface area (Å²) in [5.74, 6) is -0.686. The average molecular weight is 190 g/mol. The molecule has 0 rings (SSSR count). The molecule has 0 aliphatic carbocycles. The highest BCUT2D eigenvalue weighted by Gasteiger charge is 2.26. The Labute approximate surface area is 74.1 Å². The summed E-state index contributed by atoms with van der Waals surface area (Å²) in [7, 11) is -0.365. The van der Waals surface area contributed by atoms with Crippen molar-refractivity contribution in [3.63, 3.8) is 0 Å². The number of carbonyl (C=O) groups is 3. The molecule has 0 aromatic carbocycles. The Morgan fingerprint density at radius 3 is 2.23 bits per heavy atom. The normalized spacial score (nSPS) is 8.38. The maximum Gasteiger partial charge on any atom is 0.792 e. The Hall–Kier alpha value is -1.57. The average Bonchev–Trinajstić information content (AvgIpc) is 2.14. The lowest BCUT2D eigenvalue weighted by Gasteiger charge is -2.06. The Bertz CT molecular complexity index is 172. The molecule has 0 N–H and O–H groups in total. The Kier molecular flexibility index (Phi) is 6.25. The monoisotopic (exact) mass is 190 g/mol. The van der Waals surface area contributed by atoms with Crippen molar-refractivity contribution in [3.05, 3.63) is 0 Å². The van der Waals surface area contributed by atoms with Crippen LogP contribution >= 0.6 is 0 Å². The summed E-state index contributed by atoms with van der Waals surface area (Å²) in [5.41, 5.74) is 0. The summed E-state index contributed by atoms with van der Waals surface area (Å²) in [4.78, 5) is 30.1. The van der Waals surface area contributed by atoms with Gasteiger partial charge < -0.3 is 18.7 Å². The first-order chi connectivity index (χ1) is 6.24. The summed E-state index contributed by atoms with van der Waals surface area (Å²) in [6.07, 6.45) is 0. The van der Waals surface area contributed by atoms with E-state index in [1.165, 1.54) is 0 Å². The molecule has 8 heteroatoms. The Balaban J connectivity index is 3.73. The lowest BCUT2D eigenvalue weighted by atomic mass is 10.2. The van der Waals surface area contributed by atoms with Crippen LogP contribution < -0.4 is 0 Å². The highest BCUT2D eigenvalue weighted by Crippen LogP contribution is 1.89. The van der Waals surface area contributed by atoms with E-state index in [1.54, 1.807) is 0 Å². The van der Waals surface area contributed by atoms with Gasteiger partial charge in [0.2, 0.25) is 0 Å². The molecule has 0 aliphatic heterocycles. The van der Waals surface area contributed by atoms with Crippen LogP contribution in [-0.4, -0.2) is 40.0 Å². The fourth-order valence-corrected chi connectivity index (χ4v) is 0.396. The molecule has 72 valence electrons. The molecule has 0 saturated heterocycles. The first-order valence-corrected chi connectivity index (χ1v) is 3.11. The SMILES string of the molecule is COC(=O)COB(OC=O)OC=O. The molecule has 13 heavy (non-hydrogen) atoms. The largest absolute Gasteiger partial charge is 0.792 e. The van der Waals surface area contributed by atoms with Crippen LogP contribution in [0.4, 0.5) is 0 Å². The number of rotatable bonds is 7. The lowest BCUT2D eigenvalue weighted by Crippen LogP contribution is -2.29. The van der Waals surface area contributed by atoms with Crippen LogP contribution in [0.5, 0.6) is 0 Å². The molecule has 0 unspecified atom stereocenters. The predicted molar refractivity (Wildman–Crippen MR) is 38.0 cm³/mol. The zero-order chi connectivity index (χ0) is 10.1. The zero-order valence-electron chi connectivity index (χ0n) is 6.80. The Morgan fingerprint density at radius 1 is 1.31 bits per heavy atom. The lowest BCUT2D eigenvalue weighted by molar-refractivity contribution is -0.145. The van der Waals surface area contributed by atoms with Crippen LogP contribution in [0.25, 0.3) is 0 Å². The molecular weight excluding hydrogens is 183 g/mol. The predicted octanol–water partition coefficient (Wildman–Crippen LogP) is -1.49. The third-order valence-electron chi connectivity index (χ3n) is 0.898. The summed E-state index contributed by atoms with van der Waals surface area (Å²) in [5, 5.41) is 0. The molecule has 7 nitrogen and oxygen atoms in total. The summed E-state index contributed by atoms with van der Waals surface area (Å²) >= 11 is 0. The minimum absolute atomic E-state index is 0.0193. The van der Waals surface area contributed by atoms with Crippen molar-refractivity contribution >= 4 is 26.2 Å². The van der Waals surface area contributed by atoms with E-state index in [2.05, 4.69) is 18.7 Å².